The third-order valence-corrected chi connectivity index (χ3v) is 3.10. The van der Waals surface area contributed by atoms with Crippen molar-refractivity contribution in [1.29, 1.82) is 0 Å². The Labute approximate surface area is 126 Å². The molecule has 0 spiro atoms. The maximum Gasteiger partial charge on any atom is 0.254 e. The van der Waals surface area contributed by atoms with Crippen molar-refractivity contribution < 1.29 is 23.0 Å². The molecule has 2 aromatic carbocycles. The van der Waals surface area contributed by atoms with Gasteiger partial charge in [0.15, 0.2) is 11.5 Å². The van der Waals surface area contributed by atoms with Gasteiger partial charge >= 0.3 is 0 Å². The van der Waals surface area contributed by atoms with E-state index in [1.165, 1.54) is 14.2 Å². The predicted octanol–water partition coefficient (Wildman–Crippen LogP) is 2.91. The molecule has 0 aliphatic carbocycles. The lowest BCUT2D eigenvalue weighted by Gasteiger charge is -2.13. The molecule has 0 unspecified atom stereocenters. The number of halogens is 2. The molecule has 0 aliphatic rings. The van der Waals surface area contributed by atoms with Gasteiger partial charge in [0, 0.05) is 18.2 Å². The predicted molar refractivity (Wildman–Crippen MR) is 77.1 cm³/mol. The molecule has 0 atom stereocenters. The summed E-state index contributed by atoms with van der Waals surface area (Å²) < 4.78 is 36.8. The van der Waals surface area contributed by atoms with Gasteiger partial charge in [0.2, 0.25) is 0 Å². The van der Waals surface area contributed by atoms with E-state index in [1.54, 1.807) is 18.2 Å². The zero-order chi connectivity index (χ0) is 16.1. The maximum absolute atomic E-state index is 13.5. The van der Waals surface area contributed by atoms with Crippen LogP contribution in [0.15, 0.2) is 36.4 Å². The fourth-order valence-electron chi connectivity index (χ4n) is 2.04. The van der Waals surface area contributed by atoms with Crippen LogP contribution in [0.1, 0.15) is 15.9 Å². The van der Waals surface area contributed by atoms with Crippen LogP contribution in [0.4, 0.5) is 8.78 Å². The smallest absolute Gasteiger partial charge is 0.254 e. The van der Waals surface area contributed by atoms with E-state index < -0.39 is 17.5 Å². The van der Waals surface area contributed by atoms with E-state index in [1.807, 2.05) is 0 Å². The first kappa shape index (κ1) is 15.8. The summed E-state index contributed by atoms with van der Waals surface area (Å²) in [6.07, 6.45) is 0. The normalized spacial score (nSPS) is 10.2. The molecule has 2 aromatic rings. The molecule has 116 valence electrons. The van der Waals surface area contributed by atoms with E-state index in [0.717, 1.165) is 12.1 Å². The van der Waals surface area contributed by atoms with Crippen LogP contribution in [0.5, 0.6) is 11.5 Å². The quantitative estimate of drug-likeness (QED) is 0.924. The van der Waals surface area contributed by atoms with Crippen molar-refractivity contribution >= 4 is 5.91 Å². The third kappa shape index (κ3) is 3.33. The van der Waals surface area contributed by atoms with Gasteiger partial charge < -0.3 is 14.8 Å². The first-order chi connectivity index (χ1) is 10.6. The van der Waals surface area contributed by atoms with Crippen molar-refractivity contribution in [2.75, 3.05) is 14.2 Å². The second-order valence-electron chi connectivity index (χ2n) is 4.46. The van der Waals surface area contributed by atoms with Gasteiger partial charge in [-0.2, -0.15) is 0 Å². The van der Waals surface area contributed by atoms with E-state index >= 15 is 0 Å². The van der Waals surface area contributed by atoms with E-state index in [2.05, 4.69) is 5.32 Å². The largest absolute Gasteiger partial charge is 0.493 e. The number of amides is 1. The lowest BCUT2D eigenvalue weighted by atomic mass is 10.1. The molecule has 22 heavy (non-hydrogen) atoms. The van der Waals surface area contributed by atoms with E-state index in [-0.39, 0.29) is 12.1 Å². The summed E-state index contributed by atoms with van der Waals surface area (Å²) in [6, 6.07) is 8.03. The number of benzene rings is 2. The fourth-order valence-corrected chi connectivity index (χ4v) is 2.04. The van der Waals surface area contributed by atoms with Crippen LogP contribution in [0.25, 0.3) is 0 Å². The molecule has 0 saturated heterocycles. The van der Waals surface area contributed by atoms with Gasteiger partial charge in [-0.05, 0) is 18.2 Å². The van der Waals surface area contributed by atoms with Crippen molar-refractivity contribution in [2.24, 2.45) is 0 Å². The summed E-state index contributed by atoms with van der Waals surface area (Å²) in [4.78, 5) is 12.0. The van der Waals surface area contributed by atoms with Gasteiger partial charge in [0.05, 0.1) is 19.8 Å². The summed E-state index contributed by atoms with van der Waals surface area (Å²) in [5.41, 5.74) is 0.459. The second-order valence-corrected chi connectivity index (χ2v) is 4.46. The van der Waals surface area contributed by atoms with E-state index in [9.17, 15) is 13.6 Å². The van der Waals surface area contributed by atoms with Crippen LogP contribution < -0.4 is 14.8 Å². The number of methoxy groups -OCH3 is 2. The molecule has 4 nitrogen and oxygen atoms in total. The zero-order valence-electron chi connectivity index (χ0n) is 12.2. The highest BCUT2D eigenvalue weighted by Gasteiger charge is 2.14. The minimum Gasteiger partial charge on any atom is -0.493 e. The van der Waals surface area contributed by atoms with E-state index in [0.29, 0.717) is 23.1 Å². The molecule has 0 aliphatic heterocycles. The lowest BCUT2D eigenvalue weighted by molar-refractivity contribution is 0.0946. The third-order valence-electron chi connectivity index (χ3n) is 3.10. The summed E-state index contributed by atoms with van der Waals surface area (Å²) >= 11 is 0. The molecule has 1 N–H and O–H groups in total. The van der Waals surface area contributed by atoms with Crippen molar-refractivity contribution in [3.63, 3.8) is 0 Å². The number of rotatable bonds is 5. The van der Waals surface area contributed by atoms with Crippen molar-refractivity contribution in [3.05, 3.63) is 59.2 Å². The van der Waals surface area contributed by atoms with Crippen molar-refractivity contribution in [1.82, 2.24) is 5.32 Å². The highest BCUT2D eigenvalue weighted by atomic mass is 19.1. The van der Waals surface area contributed by atoms with Crippen molar-refractivity contribution in [2.45, 2.75) is 6.54 Å². The summed E-state index contributed by atoms with van der Waals surface area (Å²) in [6.45, 7) is 0.121. The Kier molecular flexibility index (Phi) is 4.93. The van der Waals surface area contributed by atoms with Gasteiger partial charge in [-0.1, -0.05) is 12.1 Å². The van der Waals surface area contributed by atoms with E-state index in [4.69, 9.17) is 9.47 Å². The maximum atomic E-state index is 13.5. The average Bonchev–Trinajstić information content (AvgIpc) is 2.51. The topological polar surface area (TPSA) is 47.6 Å². The first-order valence-corrected chi connectivity index (χ1v) is 6.50. The lowest BCUT2D eigenvalue weighted by Crippen LogP contribution is -2.24. The molecule has 6 heteroatoms. The van der Waals surface area contributed by atoms with Crippen LogP contribution in [0.2, 0.25) is 0 Å². The van der Waals surface area contributed by atoms with Gasteiger partial charge in [-0.15, -0.1) is 0 Å². The summed E-state index contributed by atoms with van der Waals surface area (Å²) in [5.74, 6) is -1.26. The molecular weight excluding hydrogens is 292 g/mol. The van der Waals surface area contributed by atoms with Gasteiger partial charge in [0.1, 0.15) is 11.6 Å². The Morgan fingerprint density at radius 1 is 1.14 bits per heavy atom. The number of hydrogen-bond donors (Lipinski definition) is 1. The van der Waals surface area contributed by atoms with Crippen LogP contribution in [-0.2, 0) is 6.54 Å². The van der Waals surface area contributed by atoms with Gasteiger partial charge in [-0.3, -0.25) is 4.79 Å². The van der Waals surface area contributed by atoms with Gasteiger partial charge in [-0.25, -0.2) is 8.78 Å². The van der Waals surface area contributed by atoms with Crippen molar-refractivity contribution in [3.8, 4) is 11.5 Å². The highest BCUT2D eigenvalue weighted by molar-refractivity contribution is 5.94. The Morgan fingerprint density at radius 3 is 2.55 bits per heavy atom. The van der Waals surface area contributed by atoms with Crippen LogP contribution >= 0.6 is 0 Å². The average molecular weight is 307 g/mol. The highest BCUT2D eigenvalue weighted by Crippen LogP contribution is 2.30. The Bertz CT molecular complexity index is 689. The Balaban J connectivity index is 2.14. The number of para-hydroxylation sites is 1. The van der Waals surface area contributed by atoms with Crippen LogP contribution in [-0.4, -0.2) is 20.1 Å². The molecule has 0 radical (unpaired) electrons. The standard InChI is InChI=1S/C16H15F2NO3/c1-21-14-5-3-4-10(15(14)22-2)9-19-16(20)12-7-6-11(17)8-13(12)18/h3-8H,9H2,1-2H3,(H,19,20). The molecule has 0 bridgehead atoms. The first-order valence-electron chi connectivity index (χ1n) is 6.50. The summed E-state index contributed by atoms with van der Waals surface area (Å²) in [7, 11) is 3.00. The summed E-state index contributed by atoms with van der Waals surface area (Å²) in [5, 5.41) is 2.56. The van der Waals surface area contributed by atoms with Crippen LogP contribution in [0.3, 0.4) is 0 Å². The number of carbonyl (C=O) groups is 1. The molecule has 0 aromatic heterocycles. The molecule has 0 fully saturated rings. The molecule has 2 rings (SSSR count). The number of ether oxygens (including phenoxy) is 2. The number of nitrogens with one attached hydrogen (secondary N) is 1. The zero-order valence-corrected chi connectivity index (χ0v) is 12.2. The van der Waals surface area contributed by atoms with Crippen LogP contribution in [0, 0.1) is 11.6 Å². The molecular formula is C16H15F2NO3. The Morgan fingerprint density at radius 2 is 1.91 bits per heavy atom. The molecule has 0 heterocycles. The minimum absolute atomic E-state index is 0.121. The molecule has 0 saturated carbocycles. The number of carbonyl (C=O) groups excluding carboxylic acids is 1. The second kappa shape index (κ2) is 6.89. The van der Waals surface area contributed by atoms with Gasteiger partial charge in [0.25, 0.3) is 5.91 Å². The Hall–Kier alpha value is -2.63. The SMILES string of the molecule is COc1cccc(CNC(=O)c2ccc(F)cc2F)c1OC. The number of hydrogen-bond acceptors (Lipinski definition) is 3. The monoisotopic (exact) mass is 307 g/mol. The fraction of sp³-hybridized carbons (Fsp3) is 0.188. The minimum atomic E-state index is -0.907. The molecule has 1 amide bonds.